The summed E-state index contributed by atoms with van der Waals surface area (Å²) in [5.41, 5.74) is 0. The first-order valence-electron chi connectivity index (χ1n) is 6.39. The number of hydrogen-bond acceptors (Lipinski definition) is 3. The van der Waals surface area contributed by atoms with Crippen molar-refractivity contribution >= 4 is 10.6 Å². The second kappa shape index (κ2) is 5.30. The number of halogens is 9. The zero-order chi connectivity index (χ0) is 19.7. The zero-order valence-electron chi connectivity index (χ0n) is 13.7. The third-order valence-corrected chi connectivity index (χ3v) is 8.22. The molecule has 1 rings (SSSR count). The van der Waals surface area contributed by atoms with Gasteiger partial charge in [0.05, 0.1) is 0 Å². The van der Waals surface area contributed by atoms with Gasteiger partial charge in [0.15, 0.2) is 0 Å². The summed E-state index contributed by atoms with van der Waals surface area (Å²) >= 11 is 0. The van der Waals surface area contributed by atoms with Crippen LogP contribution in [0.2, 0.25) is 0 Å². The molecule has 0 N–H and O–H groups in total. The lowest BCUT2D eigenvalue weighted by atomic mass is 10.2. The van der Waals surface area contributed by atoms with Crippen molar-refractivity contribution in [1.29, 1.82) is 0 Å². The molecule has 0 bridgehead atoms. The molecule has 1 aliphatic rings. The minimum Gasteiger partial charge on any atom is -0.248 e. The van der Waals surface area contributed by atoms with E-state index in [1.165, 1.54) is 0 Å². The van der Waals surface area contributed by atoms with E-state index in [-0.39, 0.29) is 0 Å². The fourth-order valence-corrected chi connectivity index (χ4v) is 7.49. The van der Waals surface area contributed by atoms with Crippen LogP contribution in [0.15, 0.2) is 0 Å². The van der Waals surface area contributed by atoms with E-state index < -0.39 is 39.3 Å². The third kappa shape index (κ3) is 1.79. The van der Waals surface area contributed by atoms with Crippen molar-refractivity contribution in [3.8, 4) is 0 Å². The van der Waals surface area contributed by atoms with Crippen molar-refractivity contribution in [2.24, 2.45) is 0 Å². The van der Waals surface area contributed by atoms with Crippen LogP contribution in [-0.2, 0) is 0 Å². The maximum atomic E-state index is 15.4. The van der Waals surface area contributed by atoms with Crippen LogP contribution in [0.1, 0.15) is 0 Å². The highest BCUT2D eigenvalue weighted by Crippen LogP contribution is 2.82. The Morgan fingerprint density at radius 1 is 0.458 bits per heavy atom. The molecule has 146 valence electrons. The van der Waals surface area contributed by atoms with Crippen LogP contribution in [0.25, 0.3) is 0 Å². The van der Waals surface area contributed by atoms with Crippen LogP contribution in [-0.4, -0.2) is 83.9 Å². The van der Waals surface area contributed by atoms with Gasteiger partial charge in [-0.15, -0.1) is 0 Å². The van der Waals surface area contributed by atoms with Crippen molar-refractivity contribution in [2.45, 2.75) is 28.7 Å². The van der Waals surface area contributed by atoms with Crippen LogP contribution >= 0.6 is 10.6 Å². The van der Waals surface area contributed by atoms with Gasteiger partial charge in [-0.1, -0.05) is 0 Å². The molecule has 3 nitrogen and oxygen atoms in total. The van der Waals surface area contributed by atoms with Crippen molar-refractivity contribution in [1.82, 2.24) is 12.9 Å². The standard InChI is InChI=1S/C11H18F9N3S/c1-21(2)24(22(3)4,23(5)6)11(20)9(16,17)7(12,13)8(14,15)10(11,18)19/h1-6H3. The predicted molar refractivity (Wildman–Crippen MR) is 72.3 cm³/mol. The summed E-state index contributed by atoms with van der Waals surface area (Å²) in [5.74, 6) is -25.9. The summed E-state index contributed by atoms with van der Waals surface area (Å²) in [6.07, 6.45) is 0. The van der Waals surface area contributed by atoms with Gasteiger partial charge in [-0.25, -0.2) is 17.3 Å². The Labute approximate surface area is 135 Å². The van der Waals surface area contributed by atoms with Crippen molar-refractivity contribution in [3.63, 3.8) is 0 Å². The molecule has 0 radical (unpaired) electrons. The highest BCUT2D eigenvalue weighted by atomic mass is 32.3. The Kier molecular flexibility index (Phi) is 4.78. The minimum absolute atomic E-state index is 0.506. The third-order valence-electron chi connectivity index (χ3n) is 3.90. The molecule has 0 amide bonds. The minimum atomic E-state index is -6.58. The van der Waals surface area contributed by atoms with Crippen LogP contribution in [0.4, 0.5) is 39.5 Å². The number of hydrogen-bond donors (Lipinski definition) is 0. The van der Waals surface area contributed by atoms with Gasteiger partial charge in [0.1, 0.15) is 0 Å². The smallest absolute Gasteiger partial charge is 0.248 e. The number of nitrogens with zero attached hydrogens (tertiary/aromatic N) is 3. The van der Waals surface area contributed by atoms with Gasteiger partial charge in [-0.3, -0.25) is 0 Å². The van der Waals surface area contributed by atoms with Gasteiger partial charge < -0.3 is 0 Å². The molecule has 0 aromatic heterocycles. The van der Waals surface area contributed by atoms with Gasteiger partial charge in [-0.2, -0.15) is 35.1 Å². The van der Waals surface area contributed by atoms with E-state index in [1.54, 1.807) is 0 Å². The molecule has 0 aromatic rings. The van der Waals surface area contributed by atoms with E-state index in [2.05, 4.69) is 0 Å². The average Bonchev–Trinajstić information content (AvgIpc) is 2.40. The van der Waals surface area contributed by atoms with Crippen LogP contribution < -0.4 is 0 Å². The molecule has 1 fully saturated rings. The van der Waals surface area contributed by atoms with Gasteiger partial charge in [0.25, 0.3) is 0 Å². The maximum Gasteiger partial charge on any atom is 0.383 e. The van der Waals surface area contributed by atoms with E-state index in [0.717, 1.165) is 42.3 Å². The first-order valence-corrected chi connectivity index (χ1v) is 7.89. The molecule has 0 aromatic carbocycles. The van der Waals surface area contributed by atoms with Gasteiger partial charge in [0, 0.05) is 0 Å². The maximum absolute atomic E-state index is 15.4. The van der Waals surface area contributed by atoms with Gasteiger partial charge in [0.2, 0.25) is 0 Å². The van der Waals surface area contributed by atoms with Crippen LogP contribution in [0.3, 0.4) is 0 Å². The second-order valence-corrected chi connectivity index (χ2v) is 9.64. The first kappa shape index (κ1) is 21.6. The van der Waals surface area contributed by atoms with E-state index >= 15 is 4.39 Å². The summed E-state index contributed by atoms with van der Waals surface area (Å²) in [6, 6.07) is 0. The molecule has 13 heteroatoms. The lowest BCUT2D eigenvalue weighted by Gasteiger charge is -2.61. The molecular formula is C11H18F9N3S. The lowest BCUT2D eigenvalue weighted by molar-refractivity contribution is -0.303. The molecule has 1 aliphatic carbocycles. The fraction of sp³-hybridized carbons (Fsp3) is 1.00. The summed E-state index contributed by atoms with van der Waals surface area (Å²) in [7, 11) is 0.726. The van der Waals surface area contributed by atoms with E-state index in [4.69, 9.17) is 0 Å². The Balaban J connectivity index is 4.07. The molecule has 0 heterocycles. The summed E-state index contributed by atoms with van der Waals surface area (Å²) < 4.78 is 128. The van der Waals surface area contributed by atoms with E-state index in [0.29, 0.717) is 12.9 Å². The monoisotopic (exact) mass is 395 g/mol. The Bertz CT molecular complexity index is 459. The second-order valence-electron chi connectivity index (χ2n) is 5.85. The molecule has 0 unspecified atom stereocenters. The normalized spacial score (nSPS) is 27.9. The highest BCUT2D eigenvalue weighted by molar-refractivity contribution is 8.28. The van der Waals surface area contributed by atoms with Gasteiger partial charge in [-0.05, 0) is 52.9 Å². The van der Waals surface area contributed by atoms with Crippen molar-refractivity contribution in [3.05, 3.63) is 0 Å². The molecule has 0 saturated heterocycles. The zero-order valence-corrected chi connectivity index (χ0v) is 14.5. The van der Waals surface area contributed by atoms with Crippen molar-refractivity contribution < 1.29 is 39.5 Å². The summed E-state index contributed by atoms with van der Waals surface area (Å²) in [5, 5.41) is -5.57. The average molecular weight is 395 g/mol. The summed E-state index contributed by atoms with van der Waals surface area (Å²) in [6.45, 7) is 0. The lowest BCUT2D eigenvalue weighted by Crippen LogP contribution is -2.66. The Hall–Kier alpha value is -0.400. The first-order chi connectivity index (χ1) is 10.3. The molecule has 0 spiro atoms. The number of alkyl halides is 9. The predicted octanol–water partition coefficient (Wildman–Crippen LogP) is 3.44. The number of rotatable bonds is 4. The molecular weight excluding hydrogens is 377 g/mol. The topological polar surface area (TPSA) is 9.72 Å². The van der Waals surface area contributed by atoms with Crippen molar-refractivity contribution in [2.75, 3.05) is 42.3 Å². The molecule has 1 saturated carbocycles. The molecule has 24 heavy (non-hydrogen) atoms. The van der Waals surface area contributed by atoms with E-state index in [1.807, 2.05) is 0 Å². The van der Waals surface area contributed by atoms with Gasteiger partial charge >= 0.3 is 28.7 Å². The molecule has 0 aliphatic heterocycles. The quantitative estimate of drug-likeness (QED) is 0.676. The van der Waals surface area contributed by atoms with Crippen LogP contribution in [0, 0.1) is 0 Å². The largest absolute Gasteiger partial charge is 0.383 e. The summed E-state index contributed by atoms with van der Waals surface area (Å²) in [4.78, 5) is 0. The van der Waals surface area contributed by atoms with E-state index in [9.17, 15) is 35.1 Å². The van der Waals surface area contributed by atoms with Crippen LogP contribution in [0.5, 0.6) is 0 Å². The Morgan fingerprint density at radius 2 is 0.667 bits per heavy atom. The highest BCUT2D eigenvalue weighted by Gasteiger charge is 3.04. The molecule has 0 atom stereocenters. The fourth-order valence-electron chi connectivity index (χ4n) is 3.07. The SMILES string of the molecule is CN(C)S(N(C)C)(N(C)C)C1(F)C(F)(F)C(F)(F)C(F)(F)C1(F)F. The Morgan fingerprint density at radius 3 is 0.833 bits per heavy atom.